The summed E-state index contributed by atoms with van der Waals surface area (Å²) < 4.78 is 17.0. The van der Waals surface area contributed by atoms with Crippen molar-refractivity contribution < 1.29 is 9.18 Å². The number of carbonyl (C=O) groups excluding carboxylic acids is 1. The van der Waals surface area contributed by atoms with Crippen molar-refractivity contribution in [1.29, 1.82) is 0 Å². The number of aromatic nitrogens is 4. The van der Waals surface area contributed by atoms with E-state index in [9.17, 15) is 9.18 Å². The minimum Gasteiger partial charge on any atom is -0.333 e. The average molecular weight is 339 g/mol. The van der Waals surface area contributed by atoms with Crippen LogP contribution >= 0.6 is 0 Å². The Balaban J connectivity index is 1.43. The summed E-state index contributed by atoms with van der Waals surface area (Å²) >= 11 is 0. The van der Waals surface area contributed by atoms with Crippen molar-refractivity contribution >= 4 is 5.91 Å². The zero-order valence-corrected chi connectivity index (χ0v) is 13.7. The standard InChI is InChI=1S/C18H18FN5O/c19-15-4-2-14(3-5-15)10-18(25)22-8-9-24-16(11-20-17(24)13-22)12-23-7-1-6-21-23/h1-7,11H,8-10,12-13H2. The van der Waals surface area contributed by atoms with Gasteiger partial charge < -0.3 is 9.47 Å². The Morgan fingerprint density at radius 3 is 2.80 bits per heavy atom. The van der Waals surface area contributed by atoms with Crippen LogP contribution in [0.25, 0.3) is 0 Å². The Hall–Kier alpha value is -2.96. The molecule has 3 aromatic rings. The molecule has 0 saturated carbocycles. The highest BCUT2D eigenvalue weighted by molar-refractivity contribution is 5.78. The summed E-state index contributed by atoms with van der Waals surface area (Å²) in [6, 6.07) is 7.96. The molecule has 0 unspecified atom stereocenters. The van der Waals surface area contributed by atoms with Gasteiger partial charge in [0.1, 0.15) is 11.6 Å². The van der Waals surface area contributed by atoms with Gasteiger partial charge in [-0.15, -0.1) is 0 Å². The predicted octanol–water partition coefficient (Wildman–Crippen LogP) is 1.85. The Labute approximate surface area is 144 Å². The fourth-order valence-electron chi connectivity index (χ4n) is 3.11. The van der Waals surface area contributed by atoms with Gasteiger partial charge in [-0.3, -0.25) is 9.48 Å². The quantitative estimate of drug-likeness (QED) is 0.729. The van der Waals surface area contributed by atoms with Crippen molar-refractivity contribution in [3.8, 4) is 0 Å². The lowest BCUT2D eigenvalue weighted by Gasteiger charge is -2.28. The van der Waals surface area contributed by atoms with Gasteiger partial charge >= 0.3 is 0 Å². The largest absolute Gasteiger partial charge is 0.333 e. The van der Waals surface area contributed by atoms with Crippen molar-refractivity contribution in [1.82, 2.24) is 24.2 Å². The molecule has 128 valence electrons. The van der Waals surface area contributed by atoms with E-state index in [2.05, 4.69) is 14.6 Å². The van der Waals surface area contributed by atoms with Gasteiger partial charge in [-0.1, -0.05) is 12.1 Å². The van der Waals surface area contributed by atoms with E-state index in [-0.39, 0.29) is 18.1 Å². The second kappa shape index (κ2) is 6.51. The molecule has 0 bridgehead atoms. The van der Waals surface area contributed by atoms with Gasteiger partial charge in [0.15, 0.2) is 0 Å². The molecule has 1 aromatic carbocycles. The lowest BCUT2D eigenvalue weighted by atomic mass is 10.1. The van der Waals surface area contributed by atoms with E-state index in [0.717, 1.165) is 23.6 Å². The molecule has 0 radical (unpaired) electrons. The average Bonchev–Trinajstić information content (AvgIpc) is 3.27. The Bertz CT molecular complexity index is 870. The second-order valence-electron chi connectivity index (χ2n) is 6.14. The fourth-order valence-corrected chi connectivity index (χ4v) is 3.11. The van der Waals surface area contributed by atoms with Gasteiger partial charge in [0.2, 0.25) is 5.91 Å². The molecule has 0 spiro atoms. The predicted molar refractivity (Wildman–Crippen MR) is 89.1 cm³/mol. The monoisotopic (exact) mass is 339 g/mol. The summed E-state index contributed by atoms with van der Waals surface area (Å²) in [4.78, 5) is 18.8. The number of hydrogen-bond acceptors (Lipinski definition) is 3. The van der Waals surface area contributed by atoms with Crippen LogP contribution < -0.4 is 0 Å². The molecule has 7 heteroatoms. The zero-order valence-electron chi connectivity index (χ0n) is 13.7. The van der Waals surface area contributed by atoms with Crippen LogP contribution in [0.4, 0.5) is 4.39 Å². The molecule has 2 aromatic heterocycles. The summed E-state index contributed by atoms with van der Waals surface area (Å²) in [5.41, 5.74) is 1.91. The van der Waals surface area contributed by atoms with E-state index in [1.54, 1.807) is 18.3 Å². The number of fused-ring (bicyclic) bond motifs is 1. The summed E-state index contributed by atoms with van der Waals surface area (Å²) in [5.74, 6) is 0.635. The van der Waals surface area contributed by atoms with Crippen LogP contribution in [0.5, 0.6) is 0 Å². The number of carbonyl (C=O) groups is 1. The molecule has 1 aliphatic rings. The van der Waals surface area contributed by atoms with Crippen molar-refractivity contribution in [3.05, 3.63) is 71.8 Å². The molecular formula is C18H18FN5O. The number of nitrogens with zero attached hydrogens (tertiary/aromatic N) is 5. The first-order valence-electron chi connectivity index (χ1n) is 8.22. The van der Waals surface area contributed by atoms with Crippen LogP contribution in [-0.2, 0) is 30.8 Å². The minimum atomic E-state index is -0.291. The van der Waals surface area contributed by atoms with Crippen molar-refractivity contribution in [3.63, 3.8) is 0 Å². The SMILES string of the molecule is O=C(Cc1ccc(F)cc1)N1CCn2c(Cn3cccn3)cnc2C1. The molecule has 0 N–H and O–H groups in total. The maximum Gasteiger partial charge on any atom is 0.227 e. The summed E-state index contributed by atoms with van der Waals surface area (Å²) in [7, 11) is 0. The molecule has 0 fully saturated rings. The Kier molecular flexibility index (Phi) is 4.05. The third kappa shape index (κ3) is 3.31. The maximum atomic E-state index is 13.0. The van der Waals surface area contributed by atoms with Gasteiger partial charge in [-0.2, -0.15) is 5.10 Å². The molecule has 4 rings (SSSR count). The van der Waals surface area contributed by atoms with Crippen molar-refractivity contribution in [2.45, 2.75) is 26.1 Å². The van der Waals surface area contributed by atoms with Gasteiger partial charge in [-0.05, 0) is 23.8 Å². The normalized spacial score (nSPS) is 13.7. The van der Waals surface area contributed by atoms with Crippen LogP contribution in [0.2, 0.25) is 0 Å². The number of imidazole rings is 1. The molecule has 1 amide bonds. The molecule has 25 heavy (non-hydrogen) atoms. The molecule has 0 aliphatic carbocycles. The summed E-state index contributed by atoms with van der Waals surface area (Å²) in [5, 5.41) is 4.22. The van der Waals surface area contributed by atoms with Gasteiger partial charge in [0, 0.05) is 25.5 Å². The molecular weight excluding hydrogens is 321 g/mol. The highest BCUT2D eigenvalue weighted by atomic mass is 19.1. The topological polar surface area (TPSA) is 56.0 Å². The number of halogens is 1. The molecule has 6 nitrogen and oxygen atoms in total. The highest BCUT2D eigenvalue weighted by Crippen LogP contribution is 2.16. The van der Waals surface area contributed by atoms with Crippen LogP contribution in [-0.4, -0.2) is 36.7 Å². The van der Waals surface area contributed by atoms with Crippen molar-refractivity contribution in [2.75, 3.05) is 6.54 Å². The van der Waals surface area contributed by atoms with E-state index >= 15 is 0 Å². The summed E-state index contributed by atoms with van der Waals surface area (Å²) in [6.45, 7) is 2.54. The van der Waals surface area contributed by atoms with Crippen molar-refractivity contribution in [2.24, 2.45) is 0 Å². The summed E-state index contributed by atoms with van der Waals surface area (Å²) in [6.07, 6.45) is 5.80. The molecule has 0 saturated heterocycles. The lowest BCUT2D eigenvalue weighted by Crippen LogP contribution is -2.39. The van der Waals surface area contributed by atoms with E-state index in [1.165, 1.54) is 12.1 Å². The Morgan fingerprint density at radius 2 is 2.04 bits per heavy atom. The van der Waals surface area contributed by atoms with Crippen LogP contribution in [0.1, 0.15) is 17.1 Å². The van der Waals surface area contributed by atoms with E-state index < -0.39 is 0 Å². The van der Waals surface area contributed by atoms with Gasteiger partial charge in [-0.25, -0.2) is 9.37 Å². The fraction of sp³-hybridized carbons (Fsp3) is 0.278. The number of rotatable bonds is 4. The highest BCUT2D eigenvalue weighted by Gasteiger charge is 2.23. The second-order valence-corrected chi connectivity index (χ2v) is 6.14. The van der Waals surface area contributed by atoms with E-state index in [0.29, 0.717) is 19.6 Å². The lowest BCUT2D eigenvalue weighted by molar-refractivity contribution is -0.132. The molecule has 0 atom stereocenters. The number of benzene rings is 1. The number of amides is 1. The Morgan fingerprint density at radius 1 is 1.20 bits per heavy atom. The zero-order chi connectivity index (χ0) is 17.2. The minimum absolute atomic E-state index is 0.0366. The van der Waals surface area contributed by atoms with Crippen LogP contribution in [0, 0.1) is 5.82 Å². The smallest absolute Gasteiger partial charge is 0.227 e. The molecule has 3 heterocycles. The third-order valence-electron chi connectivity index (χ3n) is 4.45. The first kappa shape index (κ1) is 15.6. The third-order valence-corrected chi connectivity index (χ3v) is 4.45. The van der Waals surface area contributed by atoms with E-state index in [4.69, 9.17) is 0 Å². The van der Waals surface area contributed by atoms with Crippen LogP contribution in [0.3, 0.4) is 0 Å². The maximum absolute atomic E-state index is 13.0. The van der Waals surface area contributed by atoms with Gasteiger partial charge in [0.25, 0.3) is 0 Å². The van der Waals surface area contributed by atoms with Gasteiger partial charge in [0.05, 0.1) is 31.4 Å². The first-order valence-corrected chi connectivity index (χ1v) is 8.22. The van der Waals surface area contributed by atoms with Crippen LogP contribution in [0.15, 0.2) is 48.9 Å². The number of hydrogen-bond donors (Lipinski definition) is 0. The van der Waals surface area contributed by atoms with E-state index in [1.807, 2.05) is 28.0 Å². The molecule has 1 aliphatic heterocycles. The first-order chi connectivity index (χ1) is 12.2.